The molecule has 2 rings (SSSR count). The summed E-state index contributed by atoms with van der Waals surface area (Å²) in [5, 5.41) is 0.210. The summed E-state index contributed by atoms with van der Waals surface area (Å²) in [7, 11) is 0. The number of rotatable bonds is 2. The summed E-state index contributed by atoms with van der Waals surface area (Å²) >= 11 is 1.10. The van der Waals surface area contributed by atoms with Crippen molar-refractivity contribution in [2.24, 2.45) is 5.73 Å². The number of halogens is 4. The molecule has 1 aromatic heterocycles. The van der Waals surface area contributed by atoms with E-state index < -0.39 is 17.6 Å². The molecule has 2 N–H and O–H groups in total. The van der Waals surface area contributed by atoms with Crippen molar-refractivity contribution in [3.05, 3.63) is 40.2 Å². The van der Waals surface area contributed by atoms with Crippen LogP contribution in [0.1, 0.15) is 16.1 Å². The molecule has 0 saturated heterocycles. The predicted octanol–water partition coefficient (Wildman–Crippen LogP) is 3.74. The van der Waals surface area contributed by atoms with E-state index in [2.05, 4.69) is 4.98 Å². The minimum atomic E-state index is -4.72. The number of nitrogens with zero attached hydrogens (tertiary/aromatic N) is 1. The molecule has 1 aromatic carbocycles. The monoisotopic (exact) mass is 290 g/mol. The smallest absolute Gasteiger partial charge is 0.326 e. The third-order valence-corrected chi connectivity index (χ3v) is 3.83. The van der Waals surface area contributed by atoms with Gasteiger partial charge in [-0.3, -0.25) is 0 Å². The Morgan fingerprint density at radius 3 is 2.53 bits per heavy atom. The second-order valence-corrected chi connectivity index (χ2v) is 4.98. The highest BCUT2D eigenvalue weighted by Crippen LogP contribution is 2.37. The van der Waals surface area contributed by atoms with Gasteiger partial charge in [-0.05, 0) is 19.1 Å². The van der Waals surface area contributed by atoms with E-state index in [9.17, 15) is 17.6 Å². The van der Waals surface area contributed by atoms with Crippen molar-refractivity contribution in [1.29, 1.82) is 0 Å². The fourth-order valence-corrected chi connectivity index (χ4v) is 2.61. The number of benzene rings is 1. The molecule has 0 unspecified atom stereocenters. The number of aryl methyl sites for hydroxylation is 1. The molecule has 0 aliphatic carbocycles. The van der Waals surface area contributed by atoms with E-state index in [0.29, 0.717) is 11.8 Å². The van der Waals surface area contributed by atoms with Crippen LogP contribution in [0.25, 0.3) is 10.6 Å². The van der Waals surface area contributed by atoms with E-state index in [1.807, 2.05) is 0 Å². The van der Waals surface area contributed by atoms with Gasteiger partial charge in [-0.15, -0.1) is 11.3 Å². The first-order chi connectivity index (χ1) is 8.84. The molecule has 0 fully saturated rings. The molecule has 102 valence electrons. The van der Waals surface area contributed by atoms with E-state index in [4.69, 9.17) is 5.73 Å². The number of hydrogen-bond donors (Lipinski definition) is 1. The number of hydrogen-bond acceptors (Lipinski definition) is 3. The Balaban J connectivity index is 2.57. The van der Waals surface area contributed by atoms with Crippen LogP contribution < -0.4 is 5.73 Å². The summed E-state index contributed by atoms with van der Waals surface area (Å²) < 4.78 is 51.8. The molecular formula is C12H10F4N2S. The van der Waals surface area contributed by atoms with Crippen molar-refractivity contribution < 1.29 is 17.6 Å². The third-order valence-electron chi connectivity index (χ3n) is 2.61. The van der Waals surface area contributed by atoms with Crippen LogP contribution in [-0.4, -0.2) is 4.98 Å². The number of alkyl halides is 3. The molecule has 0 bridgehead atoms. The van der Waals surface area contributed by atoms with Gasteiger partial charge in [0.25, 0.3) is 0 Å². The highest BCUT2D eigenvalue weighted by molar-refractivity contribution is 7.15. The van der Waals surface area contributed by atoms with Crippen LogP contribution in [0.3, 0.4) is 0 Å². The molecule has 0 aliphatic rings. The molecule has 0 spiro atoms. The minimum Gasteiger partial charge on any atom is -0.326 e. The molecule has 7 heteroatoms. The molecule has 0 radical (unpaired) electrons. The summed E-state index contributed by atoms with van der Waals surface area (Å²) in [6.07, 6.45) is -4.72. The van der Waals surface area contributed by atoms with Crippen molar-refractivity contribution >= 4 is 11.3 Å². The van der Waals surface area contributed by atoms with Gasteiger partial charge in [0.2, 0.25) is 0 Å². The van der Waals surface area contributed by atoms with E-state index in [-0.39, 0.29) is 17.1 Å². The van der Waals surface area contributed by atoms with Crippen LogP contribution >= 0.6 is 11.3 Å². The fraction of sp³-hybridized carbons (Fsp3) is 0.250. The predicted molar refractivity (Wildman–Crippen MR) is 65.1 cm³/mol. The summed E-state index contributed by atoms with van der Waals surface area (Å²) in [6, 6.07) is 3.16. The minimum absolute atomic E-state index is 0.150. The average molecular weight is 290 g/mol. The van der Waals surface area contributed by atoms with Crippen molar-refractivity contribution in [3.63, 3.8) is 0 Å². The van der Waals surface area contributed by atoms with E-state index in [1.54, 1.807) is 6.92 Å². The third kappa shape index (κ3) is 2.62. The zero-order valence-corrected chi connectivity index (χ0v) is 10.7. The second kappa shape index (κ2) is 4.90. The van der Waals surface area contributed by atoms with Crippen LogP contribution in [0.2, 0.25) is 0 Å². The van der Waals surface area contributed by atoms with Crippen molar-refractivity contribution in [3.8, 4) is 10.6 Å². The Bertz CT molecular complexity index is 604. The van der Waals surface area contributed by atoms with E-state index >= 15 is 0 Å². The van der Waals surface area contributed by atoms with Gasteiger partial charge in [-0.25, -0.2) is 9.37 Å². The van der Waals surface area contributed by atoms with Crippen molar-refractivity contribution in [1.82, 2.24) is 4.98 Å². The number of nitrogens with two attached hydrogens (primary N) is 1. The first-order valence-electron chi connectivity index (χ1n) is 5.37. The fourth-order valence-electron chi connectivity index (χ4n) is 1.65. The summed E-state index contributed by atoms with van der Waals surface area (Å²) in [5.41, 5.74) is 4.65. The van der Waals surface area contributed by atoms with E-state index in [0.717, 1.165) is 16.2 Å². The Morgan fingerprint density at radius 1 is 1.32 bits per heavy atom. The topological polar surface area (TPSA) is 38.9 Å². The van der Waals surface area contributed by atoms with E-state index in [1.165, 1.54) is 12.1 Å². The average Bonchev–Trinajstić information content (AvgIpc) is 2.69. The molecule has 0 aliphatic heterocycles. The molecule has 0 saturated carbocycles. The van der Waals surface area contributed by atoms with Gasteiger partial charge in [0.05, 0.1) is 11.3 Å². The van der Waals surface area contributed by atoms with Crippen LogP contribution in [0.15, 0.2) is 18.2 Å². The maximum absolute atomic E-state index is 13.9. The number of aromatic nitrogens is 1. The standard InChI is InChI=1S/C12H10F4N2S/c1-6-9(5-17)19-11(18-6)7-3-2-4-8(10(7)13)12(14,15)16/h2-4H,5,17H2,1H3. The molecule has 0 atom stereocenters. The normalized spacial score (nSPS) is 11.9. The molecule has 1 heterocycles. The van der Waals surface area contributed by atoms with Crippen LogP contribution in [-0.2, 0) is 12.7 Å². The number of thiazole rings is 1. The summed E-state index contributed by atoms with van der Waals surface area (Å²) in [4.78, 5) is 4.80. The van der Waals surface area contributed by atoms with Gasteiger partial charge in [-0.2, -0.15) is 13.2 Å². The molecule has 2 nitrogen and oxygen atoms in total. The first-order valence-corrected chi connectivity index (χ1v) is 6.18. The van der Waals surface area contributed by atoms with Crippen LogP contribution in [0.5, 0.6) is 0 Å². The van der Waals surface area contributed by atoms with Gasteiger partial charge in [-0.1, -0.05) is 6.07 Å². The Labute approximate surface area is 110 Å². The first kappa shape index (κ1) is 14.0. The Hall–Kier alpha value is -1.47. The SMILES string of the molecule is Cc1nc(-c2cccc(C(F)(F)F)c2F)sc1CN. The van der Waals surface area contributed by atoms with Gasteiger partial charge in [0, 0.05) is 17.0 Å². The maximum Gasteiger partial charge on any atom is 0.419 e. The quantitative estimate of drug-likeness (QED) is 0.856. The highest BCUT2D eigenvalue weighted by Gasteiger charge is 2.35. The zero-order valence-electron chi connectivity index (χ0n) is 9.88. The van der Waals surface area contributed by atoms with Crippen molar-refractivity contribution in [2.75, 3.05) is 0 Å². The maximum atomic E-state index is 13.9. The lowest BCUT2D eigenvalue weighted by Crippen LogP contribution is -2.08. The van der Waals surface area contributed by atoms with Gasteiger partial charge >= 0.3 is 6.18 Å². The lowest BCUT2D eigenvalue weighted by atomic mass is 10.1. The van der Waals surface area contributed by atoms with Gasteiger partial charge in [0.15, 0.2) is 0 Å². The van der Waals surface area contributed by atoms with Crippen LogP contribution in [0, 0.1) is 12.7 Å². The molecule has 2 aromatic rings. The summed E-state index contributed by atoms with van der Waals surface area (Å²) in [5.74, 6) is -1.30. The lowest BCUT2D eigenvalue weighted by Gasteiger charge is -2.09. The molecule has 0 amide bonds. The Kier molecular flexibility index (Phi) is 3.60. The molecule has 19 heavy (non-hydrogen) atoms. The van der Waals surface area contributed by atoms with Crippen LogP contribution in [0.4, 0.5) is 17.6 Å². The van der Waals surface area contributed by atoms with Crippen molar-refractivity contribution in [2.45, 2.75) is 19.6 Å². The highest BCUT2D eigenvalue weighted by atomic mass is 32.1. The zero-order chi connectivity index (χ0) is 14.2. The lowest BCUT2D eigenvalue weighted by molar-refractivity contribution is -0.139. The Morgan fingerprint density at radius 2 is 2.00 bits per heavy atom. The van der Waals surface area contributed by atoms with Gasteiger partial charge in [0.1, 0.15) is 10.8 Å². The van der Waals surface area contributed by atoms with Gasteiger partial charge < -0.3 is 5.73 Å². The molecular weight excluding hydrogens is 280 g/mol. The second-order valence-electron chi connectivity index (χ2n) is 3.90. The summed E-state index contributed by atoms with van der Waals surface area (Å²) in [6.45, 7) is 1.91. The largest absolute Gasteiger partial charge is 0.419 e.